The molecule has 5 rings (SSSR count). The second-order valence-corrected chi connectivity index (χ2v) is 11.5. The number of alkyl halides is 3. The average Bonchev–Trinajstić information content (AvgIpc) is 3.41. The fourth-order valence-electron chi connectivity index (χ4n) is 4.99. The number of likely N-dealkylation sites (tertiary alicyclic amines) is 1. The van der Waals surface area contributed by atoms with Crippen LogP contribution in [0.3, 0.4) is 0 Å². The van der Waals surface area contributed by atoms with E-state index in [0.717, 1.165) is 43.0 Å². The van der Waals surface area contributed by atoms with Crippen molar-refractivity contribution in [2.45, 2.75) is 50.3 Å². The summed E-state index contributed by atoms with van der Waals surface area (Å²) in [5.74, 6) is -2.76. The molecular weight excluding hydrogens is 521 g/mol. The van der Waals surface area contributed by atoms with E-state index in [0.29, 0.717) is 19.4 Å². The molecule has 3 aromatic rings. The van der Waals surface area contributed by atoms with E-state index >= 15 is 0 Å². The minimum Gasteiger partial charge on any atom is -0.475 e. The smallest absolute Gasteiger partial charge is 0.475 e. The summed E-state index contributed by atoms with van der Waals surface area (Å²) in [6, 6.07) is 17.7. The van der Waals surface area contributed by atoms with E-state index in [1.807, 2.05) is 65.5 Å². The van der Waals surface area contributed by atoms with Crippen molar-refractivity contribution in [1.82, 2.24) is 14.7 Å². The van der Waals surface area contributed by atoms with Crippen molar-refractivity contribution in [2.24, 2.45) is 0 Å². The Morgan fingerprint density at radius 1 is 1.00 bits per heavy atom. The monoisotopic (exact) mass is 550 g/mol. The molecule has 0 amide bonds. The van der Waals surface area contributed by atoms with E-state index in [2.05, 4.69) is 23.1 Å². The number of piperidine rings is 1. The SMILES string of the molecule is CCn1cc(CN2CCC3(CC2)c2ccccc2N(Cc2ccccc2)S3(=O)=O)cn1.O=C(O)C(F)(F)F. The van der Waals surface area contributed by atoms with E-state index in [9.17, 15) is 21.6 Å². The predicted molar refractivity (Wildman–Crippen MR) is 136 cm³/mol. The number of fused-ring (bicyclic) bond motifs is 2. The van der Waals surface area contributed by atoms with Crippen molar-refractivity contribution in [3.8, 4) is 0 Å². The molecule has 8 nitrogen and oxygen atoms in total. The van der Waals surface area contributed by atoms with Gasteiger partial charge in [-0.2, -0.15) is 18.3 Å². The summed E-state index contributed by atoms with van der Waals surface area (Å²) < 4.78 is 62.3. The molecule has 3 heterocycles. The second kappa shape index (κ2) is 10.8. The number of aromatic nitrogens is 2. The van der Waals surface area contributed by atoms with Gasteiger partial charge < -0.3 is 5.11 Å². The fourth-order valence-corrected chi connectivity index (χ4v) is 7.30. The normalized spacial score (nSPS) is 18.1. The molecule has 204 valence electrons. The minimum absolute atomic E-state index is 0.377. The van der Waals surface area contributed by atoms with Gasteiger partial charge in [-0.1, -0.05) is 48.5 Å². The van der Waals surface area contributed by atoms with Gasteiger partial charge in [0.2, 0.25) is 10.0 Å². The van der Waals surface area contributed by atoms with Crippen LogP contribution in [0.2, 0.25) is 0 Å². The first kappa shape index (κ1) is 27.6. The molecule has 2 aliphatic heterocycles. The van der Waals surface area contributed by atoms with E-state index in [4.69, 9.17) is 9.90 Å². The van der Waals surface area contributed by atoms with Crippen LogP contribution in [-0.4, -0.2) is 53.4 Å². The molecule has 0 radical (unpaired) electrons. The van der Waals surface area contributed by atoms with Gasteiger partial charge in [-0.05, 0) is 37.0 Å². The number of carboxylic acid groups (broad SMARTS) is 1. The molecule has 38 heavy (non-hydrogen) atoms. The Labute approximate surface area is 219 Å². The standard InChI is InChI=1S/C24H28N4O2S.C2HF3O2/c1-2-27-18-21(16-25-27)17-26-14-12-24(13-15-26)22-10-6-7-11-23(22)28(31(24,29)30)19-20-8-4-3-5-9-20;3-2(4,5)1(6)7/h3-11,16,18H,2,12-15,17,19H2,1H3;(H,6,7). The number of carboxylic acids is 1. The first-order chi connectivity index (χ1) is 18.0. The number of hydrogen-bond acceptors (Lipinski definition) is 5. The van der Waals surface area contributed by atoms with E-state index < -0.39 is 26.9 Å². The summed E-state index contributed by atoms with van der Waals surface area (Å²) in [6.07, 6.45) is 0.129. The predicted octanol–water partition coefficient (Wildman–Crippen LogP) is 4.38. The van der Waals surface area contributed by atoms with Crippen LogP contribution < -0.4 is 4.31 Å². The fraction of sp³-hybridized carbons (Fsp3) is 0.385. The molecule has 0 saturated carbocycles. The van der Waals surface area contributed by atoms with Gasteiger partial charge in [0.05, 0.1) is 18.4 Å². The molecule has 1 fully saturated rings. The number of aliphatic carboxylic acids is 1. The van der Waals surface area contributed by atoms with Gasteiger partial charge in [0.15, 0.2) is 0 Å². The summed E-state index contributed by atoms with van der Waals surface area (Å²) in [6.45, 7) is 5.63. The van der Waals surface area contributed by atoms with Crippen molar-refractivity contribution in [1.29, 1.82) is 0 Å². The number of rotatable bonds is 5. The highest BCUT2D eigenvalue weighted by atomic mass is 32.2. The van der Waals surface area contributed by atoms with Crippen LogP contribution in [0.25, 0.3) is 0 Å². The number of nitrogens with zero attached hydrogens (tertiary/aromatic N) is 4. The molecule has 0 aliphatic carbocycles. The van der Waals surface area contributed by atoms with Crippen LogP contribution in [0.1, 0.15) is 36.5 Å². The Balaban J connectivity index is 0.000000426. The van der Waals surface area contributed by atoms with Gasteiger partial charge in [-0.15, -0.1) is 0 Å². The van der Waals surface area contributed by atoms with Gasteiger partial charge in [0.25, 0.3) is 0 Å². The maximum absolute atomic E-state index is 13.9. The zero-order valence-electron chi connectivity index (χ0n) is 20.8. The molecule has 0 bridgehead atoms. The third-order valence-corrected chi connectivity index (χ3v) is 9.46. The highest BCUT2D eigenvalue weighted by molar-refractivity contribution is 7.94. The summed E-state index contributed by atoms with van der Waals surface area (Å²) in [5.41, 5.74) is 3.98. The molecule has 1 spiro atoms. The second-order valence-electron chi connectivity index (χ2n) is 9.29. The van der Waals surface area contributed by atoms with Crippen LogP contribution in [-0.2, 0) is 39.2 Å². The number of anilines is 1. The molecule has 1 N–H and O–H groups in total. The lowest BCUT2D eigenvalue weighted by Crippen LogP contribution is -2.48. The molecule has 2 aromatic carbocycles. The highest BCUT2D eigenvalue weighted by Gasteiger charge is 2.56. The van der Waals surface area contributed by atoms with Crippen LogP contribution in [0.5, 0.6) is 0 Å². The molecule has 1 aromatic heterocycles. The van der Waals surface area contributed by atoms with Crippen molar-refractivity contribution in [3.05, 3.63) is 83.7 Å². The number of benzene rings is 2. The van der Waals surface area contributed by atoms with Gasteiger partial charge in [0.1, 0.15) is 4.75 Å². The van der Waals surface area contributed by atoms with Crippen molar-refractivity contribution in [2.75, 3.05) is 17.4 Å². The topological polar surface area (TPSA) is 95.7 Å². The lowest BCUT2D eigenvalue weighted by Gasteiger charge is -2.39. The summed E-state index contributed by atoms with van der Waals surface area (Å²) in [7, 11) is -3.51. The molecule has 0 unspecified atom stereocenters. The van der Waals surface area contributed by atoms with Crippen LogP contribution in [0, 0.1) is 0 Å². The van der Waals surface area contributed by atoms with Crippen LogP contribution >= 0.6 is 0 Å². The molecule has 12 heteroatoms. The van der Waals surface area contributed by atoms with Gasteiger partial charge in [0, 0.05) is 37.9 Å². The van der Waals surface area contributed by atoms with E-state index in [1.54, 1.807) is 4.31 Å². The Hall–Kier alpha value is -3.38. The first-order valence-electron chi connectivity index (χ1n) is 12.2. The summed E-state index contributed by atoms with van der Waals surface area (Å²) in [4.78, 5) is 11.2. The first-order valence-corrected chi connectivity index (χ1v) is 13.6. The summed E-state index contributed by atoms with van der Waals surface area (Å²) >= 11 is 0. The van der Waals surface area contributed by atoms with Gasteiger partial charge in [-0.3, -0.25) is 13.9 Å². The number of aryl methyl sites for hydroxylation is 1. The minimum atomic E-state index is -5.08. The Morgan fingerprint density at radius 2 is 1.61 bits per heavy atom. The Morgan fingerprint density at radius 3 is 2.18 bits per heavy atom. The zero-order chi connectivity index (χ0) is 27.6. The third kappa shape index (κ3) is 5.41. The van der Waals surface area contributed by atoms with Crippen LogP contribution in [0.15, 0.2) is 67.0 Å². The van der Waals surface area contributed by atoms with Crippen molar-refractivity contribution in [3.63, 3.8) is 0 Å². The van der Waals surface area contributed by atoms with Gasteiger partial charge in [-0.25, -0.2) is 13.2 Å². The van der Waals surface area contributed by atoms with Crippen molar-refractivity contribution < 1.29 is 31.5 Å². The molecule has 1 saturated heterocycles. The lowest BCUT2D eigenvalue weighted by molar-refractivity contribution is -0.192. The highest BCUT2D eigenvalue weighted by Crippen LogP contribution is 2.53. The zero-order valence-corrected chi connectivity index (χ0v) is 21.6. The lowest BCUT2D eigenvalue weighted by atomic mass is 9.87. The molecule has 0 atom stereocenters. The van der Waals surface area contributed by atoms with Crippen molar-refractivity contribution >= 4 is 21.7 Å². The number of halogens is 3. The quantitative estimate of drug-likeness (QED) is 0.507. The maximum Gasteiger partial charge on any atom is 0.490 e. The van der Waals surface area contributed by atoms with Gasteiger partial charge >= 0.3 is 12.1 Å². The van der Waals surface area contributed by atoms with E-state index in [-0.39, 0.29) is 0 Å². The molecule has 2 aliphatic rings. The Bertz CT molecular complexity index is 1370. The molecular formula is C26H29F3N4O4S. The number of hydrogen-bond donors (Lipinski definition) is 1. The summed E-state index contributed by atoms with van der Waals surface area (Å²) in [5, 5.41) is 11.5. The largest absolute Gasteiger partial charge is 0.490 e. The number of para-hydroxylation sites is 1. The van der Waals surface area contributed by atoms with E-state index in [1.165, 1.54) is 5.56 Å². The Kier molecular flexibility index (Phi) is 7.84. The number of sulfonamides is 1. The number of carbonyl (C=O) groups is 1. The van der Waals surface area contributed by atoms with Crippen LogP contribution in [0.4, 0.5) is 18.9 Å². The third-order valence-electron chi connectivity index (χ3n) is 6.94. The average molecular weight is 551 g/mol. The maximum atomic E-state index is 13.9.